The first-order chi connectivity index (χ1) is 9.74. The zero-order valence-corrected chi connectivity index (χ0v) is 11.4. The van der Waals surface area contributed by atoms with Crippen LogP contribution in [0.2, 0.25) is 0 Å². The molecule has 7 heteroatoms. The van der Waals surface area contributed by atoms with E-state index in [1.54, 1.807) is 11.3 Å². The Balaban J connectivity index is 1.75. The highest BCUT2D eigenvalue weighted by Crippen LogP contribution is 2.27. The summed E-state index contributed by atoms with van der Waals surface area (Å²) in [6.45, 7) is 2.04. The Morgan fingerprint density at radius 3 is 3.00 bits per heavy atom. The van der Waals surface area contributed by atoms with Gasteiger partial charge in [0.1, 0.15) is 11.9 Å². The maximum atomic E-state index is 10.8. The number of aromatic nitrogens is 2. The summed E-state index contributed by atoms with van der Waals surface area (Å²) in [5.74, 6) is -0.387. The van der Waals surface area contributed by atoms with E-state index < -0.39 is 5.97 Å². The molecule has 0 bridgehead atoms. The molecule has 2 aromatic rings. The predicted octanol–water partition coefficient (Wildman–Crippen LogP) is 1.81. The zero-order chi connectivity index (χ0) is 13.9. The van der Waals surface area contributed by atoms with Crippen LogP contribution < -0.4 is 4.90 Å². The largest absolute Gasteiger partial charge is 0.476 e. The van der Waals surface area contributed by atoms with Crippen molar-refractivity contribution in [2.75, 3.05) is 24.6 Å². The molecule has 1 unspecified atom stereocenters. The normalized spacial score (nSPS) is 19.0. The van der Waals surface area contributed by atoms with Gasteiger partial charge in [-0.2, -0.15) is 0 Å². The van der Waals surface area contributed by atoms with Gasteiger partial charge in [-0.05, 0) is 11.4 Å². The van der Waals surface area contributed by atoms with Crippen LogP contribution in [0.25, 0.3) is 0 Å². The van der Waals surface area contributed by atoms with Crippen LogP contribution in [-0.2, 0) is 4.74 Å². The fraction of sp³-hybridized carbons (Fsp3) is 0.308. The van der Waals surface area contributed by atoms with Gasteiger partial charge in [0.25, 0.3) is 0 Å². The van der Waals surface area contributed by atoms with Gasteiger partial charge in [-0.15, -0.1) is 11.3 Å². The summed E-state index contributed by atoms with van der Waals surface area (Å²) in [5.41, 5.74) is -0.0446. The molecule has 1 fully saturated rings. The fourth-order valence-corrected chi connectivity index (χ4v) is 2.86. The summed E-state index contributed by atoms with van der Waals surface area (Å²) in [6.07, 6.45) is 2.82. The van der Waals surface area contributed by atoms with Crippen molar-refractivity contribution in [2.45, 2.75) is 6.10 Å². The highest BCUT2D eigenvalue weighted by molar-refractivity contribution is 7.10. The lowest BCUT2D eigenvalue weighted by Gasteiger charge is -2.33. The number of nitrogens with zero attached hydrogens (tertiary/aromatic N) is 3. The molecule has 3 rings (SSSR count). The van der Waals surface area contributed by atoms with Gasteiger partial charge in [0, 0.05) is 11.4 Å². The molecular weight excluding hydrogens is 278 g/mol. The van der Waals surface area contributed by atoms with Gasteiger partial charge in [0.2, 0.25) is 0 Å². The second-order valence-corrected chi connectivity index (χ2v) is 5.37. The zero-order valence-electron chi connectivity index (χ0n) is 10.6. The van der Waals surface area contributed by atoms with E-state index >= 15 is 0 Å². The average Bonchev–Trinajstić information content (AvgIpc) is 3.02. The Morgan fingerprint density at radius 2 is 2.35 bits per heavy atom. The number of anilines is 1. The van der Waals surface area contributed by atoms with Crippen molar-refractivity contribution in [3.05, 3.63) is 40.5 Å². The molecule has 1 N–H and O–H groups in total. The Morgan fingerprint density at radius 1 is 1.45 bits per heavy atom. The van der Waals surface area contributed by atoms with Gasteiger partial charge >= 0.3 is 5.97 Å². The molecule has 0 radical (unpaired) electrons. The average molecular weight is 291 g/mol. The van der Waals surface area contributed by atoms with Crippen molar-refractivity contribution in [2.24, 2.45) is 0 Å². The van der Waals surface area contributed by atoms with Crippen LogP contribution in [0.1, 0.15) is 21.5 Å². The monoisotopic (exact) mass is 291 g/mol. The lowest BCUT2D eigenvalue weighted by atomic mass is 10.2. The standard InChI is InChI=1S/C13H13N3O3S/c17-13(18)9-6-15-12(7-14-9)16-3-4-19-10(8-16)11-2-1-5-20-11/h1-2,5-7,10H,3-4,8H2,(H,17,18). The Kier molecular flexibility index (Phi) is 3.62. The molecule has 1 atom stereocenters. The van der Waals surface area contributed by atoms with Crippen LogP contribution >= 0.6 is 11.3 Å². The summed E-state index contributed by atoms with van der Waals surface area (Å²) < 4.78 is 5.76. The number of carboxylic acids is 1. The van der Waals surface area contributed by atoms with E-state index in [1.807, 2.05) is 11.4 Å². The lowest BCUT2D eigenvalue weighted by Crippen LogP contribution is -2.38. The molecule has 104 valence electrons. The van der Waals surface area contributed by atoms with Crippen LogP contribution in [0.3, 0.4) is 0 Å². The fourth-order valence-electron chi connectivity index (χ4n) is 2.10. The Bertz CT molecular complexity index is 585. The third-order valence-electron chi connectivity index (χ3n) is 3.11. The molecule has 2 aromatic heterocycles. The third kappa shape index (κ3) is 2.63. The summed E-state index contributed by atoms with van der Waals surface area (Å²) in [5, 5.41) is 10.8. The summed E-state index contributed by atoms with van der Waals surface area (Å²) in [4.78, 5) is 22.1. The SMILES string of the molecule is O=C(O)c1cnc(N2CCOC(c3cccs3)C2)cn1. The lowest BCUT2D eigenvalue weighted by molar-refractivity contribution is 0.0418. The van der Waals surface area contributed by atoms with Crippen molar-refractivity contribution in [1.29, 1.82) is 0 Å². The molecule has 0 aliphatic carbocycles. The van der Waals surface area contributed by atoms with Crippen LogP contribution in [0.4, 0.5) is 5.82 Å². The Hall–Kier alpha value is -1.99. The van der Waals surface area contributed by atoms with Gasteiger partial charge in [0.05, 0.1) is 25.5 Å². The summed E-state index contributed by atoms with van der Waals surface area (Å²) in [6, 6.07) is 4.06. The van der Waals surface area contributed by atoms with Crippen molar-refractivity contribution < 1.29 is 14.6 Å². The minimum atomic E-state index is -1.07. The van der Waals surface area contributed by atoms with Crippen molar-refractivity contribution in [3.63, 3.8) is 0 Å². The van der Waals surface area contributed by atoms with E-state index in [1.165, 1.54) is 17.3 Å². The van der Waals surface area contributed by atoms with E-state index in [-0.39, 0.29) is 11.8 Å². The number of rotatable bonds is 3. The van der Waals surface area contributed by atoms with Crippen LogP contribution in [-0.4, -0.2) is 40.7 Å². The number of thiophene rings is 1. The maximum absolute atomic E-state index is 10.8. The second-order valence-electron chi connectivity index (χ2n) is 4.39. The second kappa shape index (κ2) is 5.56. The number of morpholine rings is 1. The number of carbonyl (C=O) groups is 1. The van der Waals surface area contributed by atoms with E-state index in [2.05, 4.69) is 20.9 Å². The molecule has 0 saturated carbocycles. The molecule has 0 spiro atoms. The smallest absolute Gasteiger partial charge is 0.356 e. The molecule has 3 heterocycles. The number of hydrogen-bond acceptors (Lipinski definition) is 6. The Labute approximate surface area is 119 Å². The number of ether oxygens (including phenoxy) is 1. The van der Waals surface area contributed by atoms with Gasteiger partial charge < -0.3 is 14.7 Å². The molecule has 20 heavy (non-hydrogen) atoms. The van der Waals surface area contributed by atoms with Crippen LogP contribution in [0.15, 0.2) is 29.9 Å². The maximum Gasteiger partial charge on any atom is 0.356 e. The van der Waals surface area contributed by atoms with Gasteiger partial charge in [0.15, 0.2) is 5.69 Å². The van der Waals surface area contributed by atoms with E-state index in [4.69, 9.17) is 9.84 Å². The topological polar surface area (TPSA) is 75.5 Å². The minimum absolute atomic E-state index is 0.0321. The van der Waals surface area contributed by atoms with Crippen LogP contribution in [0, 0.1) is 0 Å². The third-order valence-corrected chi connectivity index (χ3v) is 4.07. The predicted molar refractivity (Wildman–Crippen MR) is 74.2 cm³/mol. The molecular formula is C13H13N3O3S. The highest BCUT2D eigenvalue weighted by atomic mass is 32.1. The van der Waals surface area contributed by atoms with Gasteiger partial charge in [-0.3, -0.25) is 0 Å². The number of aromatic carboxylic acids is 1. The van der Waals surface area contributed by atoms with E-state index in [9.17, 15) is 4.79 Å². The van der Waals surface area contributed by atoms with Crippen molar-refractivity contribution >= 4 is 23.1 Å². The molecule has 1 aliphatic rings. The molecule has 0 amide bonds. The van der Waals surface area contributed by atoms with Crippen molar-refractivity contribution in [1.82, 2.24) is 9.97 Å². The van der Waals surface area contributed by atoms with Crippen molar-refractivity contribution in [3.8, 4) is 0 Å². The van der Waals surface area contributed by atoms with Crippen LogP contribution in [0.5, 0.6) is 0 Å². The number of carboxylic acid groups (broad SMARTS) is 1. The van der Waals surface area contributed by atoms with Gasteiger partial charge in [-0.25, -0.2) is 14.8 Å². The first-order valence-electron chi connectivity index (χ1n) is 6.19. The van der Waals surface area contributed by atoms with E-state index in [0.29, 0.717) is 19.0 Å². The minimum Gasteiger partial charge on any atom is -0.476 e. The molecule has 1 saturated heterocycles. The first-order valence-corrected chi connectivity index (χ1v) is 7.07. The van der Waals surface area contributed by atoms with E-state index in [0.717, 1.165) is 6.54 Å². The molecule has 1 aliphatic heterocycles. The molecule has 0 aromatic carbocycles. The summed E-state index contributed by atoms with van der Waals surface area (Å²) >= 11 is 1.67. The highest BCUT2D eigenvalue weighted by Gasteiger charge is 2.23. The first kappa shape index (κ1) is 13.0. The number of hydrogen-bond donors (Lipinski definition) is 1. The molecule has 6 nitrogen and oxygen atoms in total. The van der Waals surface area contributed by atoms with Gasteiger partial charge in [-0.1, -0.05) is 6.07 Å². The quantitative estimate of drug-likeness (QED) is 0.929. The summed E-state index contributed by atoms with van der Waals surface area (Å²) in [7, 11) is 0.